The van der Waals surface area contributed by atoms with E-state index in [4.69, 9.17) is 5.73 Å². The van der Waals surface area contributed by atoms with Gasteiger partial charge in [-0.3, -0.25) is 0 Å². The monoisotopic (exact) mass is 433 g/mol. The highest BCUT2D eigenvalue weighted by atomic mass is 19.4. The van der Waals surface area contributed by atoms with Crippen LogP contribution in [-0.2, 0) is 6.18 Å². The third-order valence-electron chi connectivity index (χ3n) is 5.54. The Labute approximate surface area is 183 Å². The lowest BCUT2D eigenvalue weighted by Crippen LogP contribution is -2.17. The summed E-state index contributed by atoms with van der Waals surface area (Å²) < 4.78 is 39.0. The van der Waals surface area contributed by atoms with Gasteiger partial charge >= 0.3 is 6.18 Å². The lowest BCUT2D eigenvalue weighted by molar-refractivity contribution is -0.137. The number of nitrogens with two attached hydrogens (primary N) is 1. The smallest absolute Gasteiger partial charge is 0.383 e. The summed E-state index contributed by atoms with van der Waals surface area (Å²) in [6, 6.07) is 15.9. The number of benzene rings is 2. The van der Waals surface area contributed by atoms with E-state index in [1.807, 2.05) is 24.3 Å². The largest absolute Gasteiger partial charge is 0.416 e. The minimum Gasteiger partial charge on any atom is -0.383 e. The van der Waals surface area contributed by atoms with Crippen molar-refractivity contribution in [2.75, 3.05) is 23.7 Å². The van der Waals surface area contributed by atoms with Crippen molar-refractivity contribution in [3.63, 3.8) is 0 Å². The maximum Gasteiger partial charge on any atom is 0.416 e. The highest BCUT2D eigenvalue weighted by Crippen LogP contribution is 2.38. The van der Waals surface area contributed by atoms with Crippen LogP contribution in [0.2, 0.25) is 0 Å². The molecule has 0 radical (unpaired) electrons. The third-order valence-corrected chi connectivity index (χ3v) is 5.54. The Hall–Kier alpha value is -4.04. The topological polar surface area (TPSA) is 89.7 Å². The Kier molecular flexibility index (Phi) is 5.46. The highest BCUT2D eigenvalue weighted by molar-refractivity contribution is 5.87. The number of nitrogen functional groups attached to an aromatic ring is 1. The molecule has 32 heavy (non-hydrogen) atoms. The molecular weight excluding hydrogens is 415 g/mol. The molecule has 4 rings (SSSR count). The Balaban J connectivity index is 1.90. The third kappa shape index (κ3) is 3.83. The molecule has 0 bridgehead atoms. The van der Waals surface area contributed by atoms with Crippen LogP contribution in [0.5, 0.6) is 0 Å². The molecule has 1 aliphatic rings. The second-order valence-corrected chi connectivity index (χ2v) is 7.51. The highest BCUT2D eigenvalue weighted by Gasteiger charge is 2.30. The van der Waals surface area contributed by atoms with Crippen LogP contribution in [0.25, 0.3) is 22.4 Å². The van der Waals surface area contributed by atoms with Gasteiger partial charge in [0, 0.05) is 29.9 Å². The molecule has 8 heteroatoms. The van der Waals surface area contributed by atoms with E-state index >= 15 is 0 Å². The van der Waals surface area contributed by atoms with Crippen molar-refractivity contribution in [2.24, 2.45) is 0 Å². The molecule has 1 aromatic heterocycles. The van der Waals surface area contributed by atoms with Gasteiger partial charge in [0.05, 0.1) is 16.8 Å². The molecule has 0 atom stereocenters. The standard InChI is InChI=1S/C24H18F3N5/c25-24(26,27)17-8-6-15(7-9-17)21-19(13-28)22(31-23(30)20(21)14-29)16-4-3-5-18(12-16)32-10-1-2-11-32/h3-9,12H,1-2,10-11H2,(H2,30,31). The first-order chi connectivity index (χ1) is 15.3. The molecule has 0 amide bonds. The van der Waals surface area contributed by atoms with Crippen LogP contribution < -0.4 is 10.6 Å². The average molecular weight is 433 g/mol. The van der Waals surface area contributed by atoms with Gasteiger partial charge in [-0.05, 0) is 42.7 Å². The second kappa shape index (κ2) is 8.24. The first-order valence-corrected chi connectivity index (χ1v) is 10.00. The van der Waals surface area contributed by atoms with E-state index in [0.717, 1.165) is 43.8 Å². The number of rotatable bonds is 3. The second-order valence-electron chi connectivity index (χ2n) is 7.51. The number of nitrogens with zero attached hydrogens (tertiary/aromatic N) is 4. The summed E-state index contributed by atoms with van der Waals surface area (Å²) in [6.07, 6.45) is -2.28. The summed E-state index contributed by atoms with van der Waals surface area (Å²) in [5.41, 5.74) is 7.69. The number of hydrogen-bond donors (Lipinski definition) is 1. The predicted octanol–water partition coefficient (Wildman–Crippen LogP) is 5.36. The van der Waals surface area contributed by atoms with Crippen LogP contribution in [0.3, 0.4) is 0 Å². The summed E-state index contributed by atoms with van der Waals surface area (Å²) >= 11 is 0. The fourth-order valence-electron chi connectivity index (χ4n) is 3.97. The van der Waals surface area contributed by atoms with Gasteiger partial charge in [0.2, 0.25) is 0 Å². The molecule has 160 valence electrons. The quantitative estimate of drug-likeness (QED) is 0.601. The number of anilines is 2. The molecule has 0 unspecified atom stereocenters. The predicted molar refractivity (Wildman–Crippen MR) is 115 cm³/mol. The SMILES string of the molecule is N#Cc1c(N)nc(-c2cccc(N3CCCC3)c2)c(C#N)c1-c1ccc(C(F)(F)F)cc1. The molecule has 2 N–H and O–H groups in total. The van der Waals surface area contributed by atoms with E-state index in [9.17, 15) is 23.7 Å². The molecule has 1 aliphatic heterocycles. The fourth-order valence-corrected chi connectivity index (χ4v) is 3.97. The maximum atomic E-state index is 13.0. The molecule has 0 aliphatic carbocycles. The first kappa shape index (κ1) is 21.2. The van der Waals surface area contributed by atoms with Crippen LogP contribution in [0, 0.1) is 22.7 Å². The summed E-state index contributed by atoms with van der Waals surface area (Å²) in [7, 11) is 0. The van der Waals surface area contributed by atoms with Gasteiger partial charge in [-0.1, -0.05) is 24.3 Å². The molecular formula is C24H18F3N5. The number of hydrogen-bond acceptors (Lipinski definition) is 5. The zero-order valence-electron chi connectivity index (χ0n) is 16.9. The van der Waals surface area contributed by atoms with Gasteiger partial charge in [0.25, 0.3) is 0 Å². The van der Waals surface area contributed by atoms with Crippen LogP contribution in [0.15, 0.2) is 48.5 Å². The van der Waals surface area contributed by atoms with Crippen LogP contribution >= 0.6 is 0 Å². The first-order valence-electron chi connectivity index (χ1n) is 10.00. The minimum atomic E-state index is -4.49. The number of nitriles is 2. The molecule has 1 saturated heterocycles. The van der Waals surface area contributed by atoms with E-state index in [0.29, 0.717) is 11.3 Å². The lowest BCUT2D eigenvalue weighted by Gasteiger charge is -2.19. The van der Waals surface area contributed by atoms with E-state index in [1.54, 1.807) is 6.07 Å². The van der Waals surface area contributed by atoms with Gasteiger partial charge in [-0.25, -0.2) is 4.98 Å². The lowest BCUT2D eigenvalue weighted by atomic mass is 9.92. The Bertz CT molecular complexity index is 1240. The van der Waals surface area contributed by atoms with Crippen molar-refractivity contribution in [3.05, 3.63) is 65.2 Å². The Morgan fingerprint density at radius 3 is 2.16 bits per heavy atom. The minimum absolute atomic E-state index is 0.0410. The summed E-state index contributed by atoms with van der Waals surface area (Å²) in [5, 5.41) is 19.6. The number of aromatic nitrogens is 1. The maximum absolute atomic E-state index is 13.0. The molecule has 0 saturated carbocycles. The summed E-state index contributed by atoms with van der Waals surface area (Å²) in [6.45, 7) is 1.88. The zero-order valence-corrected chi connectivity index (χ0v) is 16.9. The van der Waals surface area contributed by atoms with Crippen molar-refractivity contribution < 1.29 is 13.2 Å². The molecule has 1 fully saturated rings. The van der Waals surface area contributed by atoms with Gasteiger partial charge in [-0.15, -0.1) is 0 Å². The van der Waals surface area contributed by atoms with E-state index < -0.39 is 11.7 Å². The number of halogens is 3. The average Bonchev–Trinajstić information content (AvgIpc) is 3.33. The van der Waals surface area contributed by atoms with E-state index in [-0.39, 0.29) is 28.1 Å². The Morgan fingerprint density at radius 1 is 0.906 bits per heavy atom. The Morgan fingerprint density at radius 2 is 1.56 bits per heavy atom. The summed E-state index contributed by atoms with van der Waals surface area (Å²) in [4.78, 5) is 6.57. The van der Waals surface area contributed by atoms with Crippen molar-refractivity contribution >= 4 is 11.5 Å². The zero-order chi connectivity index (χ0) is 22.9. The summed E-state index contributed by atoms with van der Waals surface area (Å²) in [5.74, 6) is -0.0806. The number of pyridine rings is 1. The van der Waals surface area contributed by atoms with Gasteiger partial charge in [-0.2, -0.15) is 23.7 Å². The molecule has 3 aromatic rings. The van der Waals surface area contributed by atoms with Gasteiger partial charge in [0.15, 0.2) is 0 Å². The van der Waals surface area contributed by atoms with Gasteiger partial charge in [0.1, 0.15) is 23.5 Å². The molecule has 2 heterocycles. The van der Waals surface area contributed by atoms with Crippen molar-refractivity contribution in [1.29, 1.82) is 10.5 Å². The van der Waals surface area contributed by atoms with Crippen LogP contribution in [-0.4, -0.2) is 18.1 Å². The molecule has 0 spiro atoms. The van der Waals surface area contributed by atoms with Gasteiger partial charge < -0.3 is 10.6 Å². The number of alkyl halides is 3. The molecule has 5 nitrogen and oxygen atoms in total. The molecule has 2 aromatic carbocycles. The van der Waals surface area contributed by atoms with E-state index in [1.165, 1.54) is 12.1 Å². The normalized spacial score (nSPS) is 13.6. The van der Waals surface area contributed by atoms with E-state index in [2.05, 4.69) is 16.0 Å². The van der Waals surface area contributed by atoms with Crippen molar-refractivity contribution in [2.45, 2.75) is 19.0 Å². The van der Waals surface area contributed by atoms with Crippen molar-refractivity contribution in [3.8, 4) is 34.5 Å². The van der Waals surface area contributed by atoms with Crippen LogP contribution in [0.1, 0.15) is 29.5 Å². The fraction of sp³-hybridized carbons (Fsp3) is 0.208. The van der Waals surface area contributed by atoms with Crippen LogP contribution in [0.4, 0.5) is 24.7 Å². The van der Waals surface area contributed by atoms with Crippen molar-refractivity contribution in [1.82, 2.24) is 4.98 Å².